The topological polar surface area (TPSA) is 35.5 Å². The number of aliphatic hydroxyl groups is 1. The molecule has 2 rings (SSSR count). The van der Waals surface area contributed by atoms with Gasteiger partial charge in [0.1, 0.15) is 0 Å². The zero-order valence-corrected chi connectivity index (χ0v) is 10.7. The van der Waals surface area contributed by atoms with Crippen molar-refractivity contribution >= 4 is 0 Å². The molecule has 1 heterocycles. The van der Waals surface area contributed by atoms with Crippen LogP contribution < -0.4 is 5.32 Å². The van der Waals surface area contributed by atoms with Gasteiger partial charge in [-0.2, -0.15) is 0 Å². The number of rotatable bonds is 3. The van der Waals surface area contributed by atoms with E-state index >= 15 is 0 Å². The number of nitrogens with zero attached hydrogens (tertiary/aromatic N) is 1. The van der Waals surface area contributed by atoms with E-state index in [2.05, 4.69) is 48.3 Å². The molecule has 0 aliphatic carbocycles. The Hall–Kier alpha value is -0.900. The zero-order valence-electron chi connectivity index (χ0n) is 10.7. The van der Waals surface area contributed by atoms with Gasteiger partial charge in [-0.3, -0.25) is 4.90 Å². The van der Waals surface area contributed by atoms with Crippen LogP contribution in [0.2, 0.25) is 0 Å². The third-order valence-corrected chi connectivity index (χ3v) is 3.16. The summed E-state index contributed by atoms with van der Waals surface area (Å²) in [6.07, 6.45) is 0. The van der Waals surface area contributed by atoms with Gasteiger partial charge in [0.05, 0.1) is 6.61 Å². The first-order chi connectivity index (χ1) is 8.09. The summed E-state index contributed by atoms with van der Waals surface area (Å²) in [6, 6.07) is 10.7. The van der Waals surface area contributed by atoms with Gasteiger partial charge >= 0.3 is 0 Å². The second-order valence-electron chi connectivity index (χ2n) is 5.56. The maximum absolute atomic E-state index is 9.32. The Bertz CT molecular complexity index is 350. The molecule has 0 spiro atoms. The van der Waals surface area contributed by atoms with E-state index in [-0.39, 0.29) is 18.2 Å². The molecule has 0 radical (unpaired) electrons. The largest absolute Gasteiger partial charge is 0.395 e. The molecule has 2 N–H and O–H groups in total. The summed E-state index contributed by atoms with van der Waals surface area (Å²) in [4.78, 5) is 2.41. The second-order valence-corrected chi connectivity index (χ2v) is 5.56. The SMILES string of the molecule is CC1(C)CN(Cc2ccccc2)CC(CO)N1. The molecule has 0 amide bonds. The van der Waals surface area contributed by atoms with Gasteiger partial charge in [0, 0.05) is 31.2 Å². The Morgan fingerprint density at radius 3 is 2.71 bits per heavy atom. The van der Waals surface area contributed by atoms with Gasteiger partial charge in [-0.15, -0.1) is 0 Å². The minimum absolute atomic E-state index is 0.0699. The van der Waals surface area contributed by atoms with Crippen LogP contribution >= 0.6 is 0 Å². The van der Waals surface area contributed by atoms with E-state index in [0.717, 1.165) is 19.6 Å². The maximum Gasteiger partial charge on any atom is 0.0597 e. The van der Waals surface area contributed by atoms with E-state index < -0.39 is 0 Å². The van der Waals surface area contributed by atoms with Crippen molar-refractivity contribution in [3.8, 4) is 0 Å². The van der Waals surface area contributed by atoms with Crippen molar-refractivity contribution in [3.05, 3.63) is 35.9 Å². The van der Waals surface area contributed by atoms with Gasteiger partial charge in [-0.05, 0) is 19.4 Å². The molecule has 0 aromatic heterocycles. The zero-order chi connectivity index (χ0) is 12.3. The molecule has 94 valence electrons. The molecule has 1 saturated heterocycles. The second kappa shape index (κ2) is 5.17. The Morgan fingerprint density at radius 1 is 1.35 bits per heavy atom. The highest BCUT2D eigenvalue weighted by atomic mass is 16.3. The lowest BCUT2D eigenvalue weighted by atomic mass is 9.98. The van der Waals surface area contributed by atoms with Crippen LogP contribution in [0.5, 0.6) is 0 Å². The number of benzene rings is 1. The molecule has 0 saturated carbocycles. The Labute approximate surface area is 103 Å². The number of piperazine rings is 1. The van der Waals surface area contributed by atoms with E-state index in [1.54, 1.807) is 0 Å². The highest BCUT2D eigenvalue weighted by Gasteiger charge is 2.31. The summed E-state index contributed by atoms with van der Waals surface area (Å²) in [6.45, 7) is 7.46. The lowest BCUT2D eigenvalue weighted by molar-refractivity contribution is 0.0816. The lowest BCUT2D eigenvalue weighted by Gasteiger charge is -2.43. The van der Waals surface area contributed by atoms with Crippen LogP contribution in [0.1, 0.15) is 19.4 Å². The molecule has 3 nitrogen and oxygen atoms in total. The molecule has 1 aromatic carbocycles. The Kier molecular flexibility index (Phi) is 3.82. The van der Waals surface area contributed by atoms with E-state index in [4.69, 9.17) is 0 Å². The summed E-state index contributed by atoms with van der Waals surface area (Å²) in [7, 11) is 0. The molecule has 3 heteroatoms. The third kappa shape index (κ3) is 3.53. The highest BCUT2D eigenvalue weighted by Crippen LogP contribution is 2.16. The van der Waals surface area contributed by atoms with Crippen LogP contribution in [-0.2, 0) is 6.54 Å². The van der Waals surface area contributed by atoms with Crippen molar-refractivity contribution < 1.29 is 5.11 Å². The fourth-order valence-electron chi connectivity index (χ4n) is 2.64. The molecular formula is C14H22N2O. The summed E-state index contributed by atoms with van der Waals surface area (Å²) in [5.74, 6) is 0. The lowest BCUT2D eigenvalue weighted by Crippen LogP contribution is -2.62. The number of nitrogens with one attached hydrogen (secondary N) is 1. The van der Waals surface area contributed by atoms with E-state index in [1.807, 2.05) is 6.07 Å². The first kappa shape index (κ1) is 12.6. The van der Waals surface area contributed by atoms with Crippen molar-refractivity contribution in [2.75, 3.05) is 19.7 Å². The van der Waals surface area contributed by atoms with Gasteiger partial charge in [-0.25, -0.2) is 0 Å². The summed E-state index contributed by atoms with van der Waals surface area (Å²) in [5.41, 5.74) is 1.40. The van der Waals surface area contributed by atoms with Crippen molar-refractivity contribution in [1.82, 2.24) is 10.2 Å². The van der Waals surface area contributed by atoms with Crippen LogP contribution in [0.4, 0.5) is 0 Å². The average molecular weight is 234 g/mol. The summed E-state index contributed by atoms with van der Waals surface area (Å²) < 4.78 is 0. The Balaban J connectivity index is 2.01. The number of hydrogen-bond acceptors (Lipinski definition) is 3. The van der Waals surface area contributed by atoms with Gasteiger partial charge < -0.3 is 10.4 Å². The predicted molar refractivity (Wildman–Crippen MR) is 69.8 cm³/mol. The predicted octanol–water partition coefficient (Wildman–Crippen LogP) is 1.23. The first-order valence-electron chi connectivity index (χ1n) is 6.24. The molecule has 1 atom stereocenters. The van der Waals surface area contributed by atoms with Gasteiger partial charge in [0.25, 0.3) is 0 Å². The quantitative estimate of drug-likeness (QED) is 0.826. The molecule has 0 bridgehead atoms. The number of aliphatic hydroxyl groups excluding tert-OH is 1. The molecule has 1 unspecified atom stereocenters. The van der Waals surface area contributed by atoms with E-state index in [0.29, 0.717) is 0 Å². The fourth-order valence-corrected chi connectivity index (χ4v) is 2.64. The molecular weight excluding hydrogens is 212 g/mol. The van der Waals surface area contributed by atoms with Crippen molar-refractivity contribution in [3.63, 3.8) is 0 Å². The van der Waals surface area contributed by atoms with Crippen LogP contribution in [0.3, 0.4) is 0 Å². The van der Waals surface area contributed by atoms with Gasteiger partial charge in [0.15, 0.2) is 0 Å². The highest BCUT2D eigenvalue weighted by molar-refractivity contribution is 5.14. The Morgan fingerprint density at radius 2 is 2.06 bits per heavy atom. The normalized spacial score (nSPS) is 24.8. The van der Waals surface area contributed by atoms with Crippen molar-refractivity contribution in [1.29, 1.82) is 0 Å². The maximum atomic E-state index is 9.32. The molecule has 1 aliphatic heterocycles. The first-order valence-corrected chi connectivity index (χ1v) is 6.24. The molecule has 1 aliphatic rings. The summed E-state index contributed by atoms with van der Waals surface area (Å²) in [5, 5.41) is 12.8. The standard InChI is InChI=1S/C14H22N2O/c1-14(2)11-16(9-13(10-17)15-14)8-12-6-4-3-5-7-12/h3-7,13,15,17H,8-11H2,1-2H3. The molecule has 1 aromatic rings. The minimum Gasteiger partial charge on any atom is -0.395 e. The van der Waals surface area contributed by atoms with Crippen LogP contribution in [-0.4, -0.2) is 41.3 Å². The molecule has 1 fully saturated rings. The van der Waals surface area contributed by atoms with Crippen LogP contribution in [0.15, 0.2) is 30.3 Å². The van der Waals surface area contributed by atoms with Crippen LogP contribution in [0, 0.1) is 0 Å². The van der Waals surface area contributed by atoms with Crippen molar-refractivity contribution in [2.45, 2.75) is 32.0 Å². The van der Waals surface area contributed by atoms with Gasteiger partial charge in [-0.1, -0.05) is 30.3 Å². The monoisotopic (exact) mass is 234 g/mol. The molecule has 17 heavy (non-hydrogen) atoms. The third-order valence-electron chi connectivity index (χ3n) is 3.16. The average Bonchev–Trinajstić information content (AvgIpc) is 2.28. The van der Waals surface area contributed by atoms with Crippen molar-refractivity contribution in [2.24, 2.45) is 0 Å². The van der Waals surface area contributed by atoms with E-state index in [1.165, 1.54) is 5.56 Å². The van der Waals surface area contributed by atoms with Crippen LogP contribution in [0.25, 0.3) is 0 Å². The van der Waals surface area contributed by atoms with E-state index in [9.17, 15) is 5.11 Å². The van der Waals surface area contributed by atoms with Gasteiger partial charge in [0.2, 0.25) is 0 Å². The fraction of sp³-hybridized carbons (Fsp3) is 0.571. The minimum atomic E-state index is 0.0699. The summed E-state index contributed by atoms with van der Waals surface area (Å²) >= 11 is 0. The number of hydrogen-bond donors (Lipinski definition) is 2. The smallest absolute Gasteiger partial charge is 0.0597 e.